The van der Waals surface area contributed by atoms with Gasteiger partial charge < -0.3 is 89.9 Å². The first kappa shape index (κ1) is 96.4. The van der Waals surface area contributed by atoms with Gasteiger partial charge in [0.05, 0.1) is 38.6 Å². The maximum Gasteiger partial charge on any atom is 0.220 e. The molecule has 0 aromatic carbocycles. The number of amides is 1. The number of unbranched alkanes of at least 4 members (excludes halogenated alkanes) is 31. The SMILES string of the molecule is CC/C=C\C/C=C\C/C=C\C/C=C\C/C=C\C/C=C\C/C=C\C/C=C\C/C=C\CCCCCCCCCC(=O)NC(COC1OC(CO)C(OC2OC(CO)C(OC3OC(CO)C(O)C(O)C3O)C(O)C2O)C(O)C1O)C(O)/C=C/CCCCCCCCCCCCCCCCCCCCCCCCCC. The minimum atomic E-state index is -1.99. The van der Waals surface area contributed by atoms with Crippen molar-refractivity contribution in [2.24, 2.45) is 0 Å². The summed E-state index contributed by atoms with van der Waals surface area (Å²) in [5.74, 6) is -0.289. The van der Waals surface area contributed by atoms with E-state index in [2.05, 4.69) is 129 Å². The van der Waals surface area contributed by atoms with Crippen molar-refractivity contribution < 1.29 is 89.4 Å². The molecule has 0 bridgehead atoms. The molecule has 3 aliphatic rings. The molecular weight excluding hydrogens is 1350 g/mol. The molecule has 0 aliphatic carbocycles. The highest BCUT2D eigenvalue weighted by Gasteiger charge is 2.54. The van der Waals surface area contributed by atoms with Gasteiger partial charge in [-0.2, -0.15) is 0 Å². The number of nitrogens with one attached hydrogen (secondary N) is 1. The van der Waals surface area contributed by atoms with E-state index in [4.69, 9.17) is 28.4 Å². The third-order valence-electron chi connectivity index (χ3n) is 20.0. The van der Waals surface area contributed by atoms with Crippen molar-refractivity contribution in [3.8, 4) is 0 Å². The van der Waals surface area contributed by atoms with Crippen LogP contribution in [0.1, 0.15) is 290 Å². The van der Waals surface area contributed by atoms with Gasteiger partial charge in [-0.1, -0.05) is 315 Å². The first-order valence-electron chi connectivity index (χ1n) is 41.8. The van der Waals surface area contributed by atoms with Gasteiger partial charge in [-0.3, -0.25) is 4.79 Å². The molecule has 17 atom stereocenters. The van der Waals surface area contributed by atoms with E-state index in [1.807, 2.05) is 6.08 Å². The summed E-state index contributed by atoms with van der Waals surface area (Å²) < 4.78 is 34.5. The Kier molecular flexibility index (Phi) is 59.9. The van der Waals surface area contributed by atoms with Crippen molar-refractivity contribution in [1.82, 2.24) is 5.32 Å². The molecule has 106 heavy (non-hydrogen) atoms. The number of hydrogen-bond donors (Lipinski definition) is 12. The highest BCUT2D eigenvalue weighted by Crippen LogP contribution is 2.33. The quantitative estimate of drug-likeness (QED) is 0.0199. The van der Waals surface area contributed by atoms with Crippen LogP contribution in [0, 0.1) is 0 Å². The molecule has 0 aromatic rings. The highest BCUT2D eigenvalue weighted by molar-refractivity contribution is 5.76. The van der Waals surface area contributed by atoms with E-state index in [-0.39, 0.29) is 18.9 Å². The standard InChI is InChI=1S/C87H149NO18/c1-3-5-7-9-11-13-15-17-19-21-23-25-27-29-31-32-33-34-35-36-37-38-39-41-43-45-47-49-51-53-55-57-59-61-63-65-75(93)88-70(71(92)64-62-60-58-56-54-52-50-48-46-44-42-40-30-28-26-24-22-20-18-16-14-12-10-8-6-4-2)69-101-85-81(99)78(96)83(73(67-90)103-85)106-87-82(100)79(97)84(74(68-91)104-87)105-86-80(98)77(95)76(94)72(66-89)102-86/h5,7,11,13,17,19,23,25,29,31,33-34,36-37,39,41,45,47,62,64,70-74,76-87,89-92,94-100H,3-4,6,8-10,12,14-16,18,20-22,24,26-28,30,32,35,38,40,42-44,46,48-61,63,65-69H2,1-2H3,(H,88,93)/b7-5-,13-11-,19-17-,25-23-,31-29-,34-33-,37-36-,41-39-,47-45-,64-62+. The summed E-state index contributed by atoms with van der Waals surface area (Å²) in [6, 6.07) is -0.990. The minimum Gasteiger partial charge on any atom is -0.394 e. The minimum absolute atomic E-state index is 0.223. The smallest absolute Gasteiger partial charge is 0.220 e. The van der Waals surface area contributed by atoms with Crippen molar-refractivity contribution in [3.05, 3.63) is 122 Å². The average Bonchev–Trinajstić information content (AvgIpc) is 0.779. The molecule has 0 spiro atoms. The van der Waals surface area contributed by atoms with Crippen molar-refractivity contribution in [3.63, 3.8) is 0 Å². The molecule has 19 heteroatoms. The summed E-state index contributed by atoms with van der Waals surface area (Å²) in [6.07, 6.45) is 66.0. The van der Waals surface area contributed by atoms with Crippen LogP contribution >= 0.6 is 0 Å². The Hall–Kier alpha value is -3.81. The predicted molar refractivity (Wildman–Crippen MR) is 424 cm³/mol. The number of hydrogen-bond acceptors (Lipinski definition) is 18. The Labute approximate surface area is 639 Å². The monoisotopic (exact) mass is 1500 g/mol. The van der Waals surface area contributed by atoms with Crippen LogP contribution in [-0.4, -0.2) is 193 Å². The number of carbonyl (C=O) groups is 1. The van der Waals surface area contributed by atoms with E-state index in [9.17, 15) is 61.0 Å². The van der Waals surface area contributed by atoms with Crippen LogP contribution in [0.2, 0.25) is 0 Å². The van der Waals surface area contributed by atoms with Crippen molar-refractivity contribution >= 4 is 5.91 Å². The molecule has 3 heterocycles. The molecule has 19 nitrogen and oxygen atoms in total. The highest BCUT2D eigenvalue weighted by atomic mass is 16.8. The number of ether oxygens (including phenoxy) is 6. The van der Waals surface area contributed by atoms with Crippen LogP contribution in [0.25, 0.3) is 0 Å². The summed E-state index contributed by atoms with van der Waals surface area (Å²) in [5.41, 5.74) is 0. The van der Waals surface area contributed by atoms with E-state index < -0.39 is 124 Å². The van der Waals surface area contributed by atoms with Gasteiger partial charge in [-0.15, -0.1) is 0 Å². The van der Waals surface area contributed by atoms with Gasteiger partial charge in [-0.25, -0.2) is 0 Å². The number of aliphatic hydroxyl groups excluding tert-OH is 11. The zero-order chi connectivity index (χ0) is 76.7. The maximum atomic E-state index is 13.5. The summed E-state index contributed by atoms with van der Waals surface area (Å²) in [6.45, 7) is 1.63. The predicted octanol–water partition coefficient (Wildman–Crippen LogP) is 14.7. The molecule has 3 fully saturated rings. The fourth-order valence-electron chi connectivity index (χ4n) is 13.4. The Morgan fingerprint density at radius 1 is 0.349 bits per heavy atom. The largest absolute Gasteiger partial charge is 0.394 e. The summed E-state index contributed by atoms with van der Waals surface area (Å²) >= 11 is 0. The van der Waals surface area contributed by atoms with E-state index in [0.29, 0.717) is 6.42 Å². The number of rotatable bonds is 65. The normalized spacial score (nSPS) is 26.3. The van der Waals surface area contributed by atoms with Gasteiger partial charge in [0.25, 0.3) is 0 Å². The van der Waals surface area contributed by atoms with Crippen LogP contribution < -0.4 is 5.32 Å². The lowest BCUT2D eigenvalue weighted by molar-refractivity contribution is -0.379. The molecule has 3 rings (SSSR count). The van der Waals surface area contributed by atoms with Crippen LogP contribution in [0.5, 0.6) is 0 Å². The maximum absolute atomic E-state index is 13.5. The third-order valence-corrected chi connectivity index (χ3v) is 20.0. The number of aliphatic hydroxyl groups is 11. The Bertz CT molecular complexity index is 2390. The van der Waals surface area contributed by atoms with Gasteiger partial charge >= 0.3 is 0 Å². The van der Waals surface area contributed by atoms with E-state index in [0.717, 1.165) is 128 Å². The number of carbonyl (C=O) groups excluding carboxylic acids is 1. The Morgan fingerprint density at radius 2 is 0.651 bits per heavy atom. The van der Waals surface area contributed by atoms with Gasteiger partial charge in [0.1, 0.15) is 73.2 Å². The summed E-state index contributed by atoms with van der Waals surface area (Å²) in [4.78, 5) is 13.5. The van der Waals surface area contributed by atoms with Crippen molar-refractivity contribution in [2.45, 2.75) is 394 Å². The molecular formula is C87H149NO18. The zero-order valence-corrected chi connectivity index (χ0v) is 65.4. The fraction of sp³-hybridized carbons (Fsp3) is 0.759. The molecule has 0 aromatic heterocycles. The lowest BCUT2D eigenvalue weighted by atomic mass is 9.96. The van der Waals surface area contributed by atoms with Crippen LogP contribution in [0.15, 0.2) is 122 Å². The topological polar surface area (TPSA) is 307 Å². The molecule has 1 amide bonds. The van der Waals surface area contributed by atoms with Crippen LogP contribution in [-0.2, 0) is 33.2 Å². The van der Waals surface area contributed by atoms with Crippen molar-refractivity contribution in [1.29, 1.82) is 0 Å². The second kappa shape index (κ2) is 65.9. The third kappa shape index (κ3) is 44.9. The summed E-state index contributed by atoms with van der Waals surface area (Å²) in [7, 11) is 0. The first-order valence-corrected chi connectivity index (χ1v) is 41.8. The summed E-state index contributed by atoms with van der Waals surface area (Å²) in [5, 5.41) is 121. The molecule has 0 saturated carbocycles. The second-order valence-corrected chi connectivity index (χ2v) is 29.2. The molecule has 3 saturated heterocycles. The van der Waals surface area contributed by atoms with E-state index in [1.165, 1.54) is 135 Å². The van der Waals surface area contributed by atoms with Gasteiger partial charge in [0.2, 0.25) is 5.91 Å². The van der Waals surface area contributed by atoms with Gasteiger partial charge in [-0.05, 0) is 89.9 Å². The van der Waals surface area contributed by atoms with Crippen LogP contribution in [0.3, 0.4) is 0 Å². The lowest BCUT2D eigenvalue weighted by Crippen LogP contribution is -2.66. The molecule has 3 aliphatic heterocycles. The van der Waals surface area contributed by atoms with Crippen LogP contribution in [0.4, 0.5) is 0 Å². The van der Waals surface area contributed by atoms with E-state index >= 15 is 0 Å². The zero-order valence-electron chi connectivity index (χ0n) is 65.4. The molecule has 610 valence electrons. The molecule has 17 unspecified atom stereocenters. The average molecular weight is 1500 g/mol. The Balaban J connectivity index is 1.38. The fourth-order valence-corrected chi connectivity index (χ4v) is 13.4. The van der Waals surface area contributed by atoms with E-state index in [1.54, 1.807) is 6.08 Å². The van der Waals surface area contributed by atoms with Gasteiger partial charge in [0, 0.05) is 6.42 Å². The Morgan fingerprint density at radius 3 is 1.02 bits per heavy atom. The second-order valence-electron chi connectivity index (χ2n) is 29.2. The van der Waals surface area contributed by atoms with Crippen molar-refractivity contribution in [2.75, 3.05) is 26.4 Å². The molecule has 12 N–H and O–H groups in total. The molecule has 0 radical (unpaired) electrons. The van der Waals surface area contributed by atoms with Gasteiger partial charge in [0.15, 0.2) is 18.9 Å². The lowest BCUT2D eigenvalue weighted by Gasteiger charge is -2.48. The number of allylic oxidation sites excluding steroid dienone is 19. The first-order chi connectivity index (χ1) is 51.8.